The first-order valence-electron chi connectivity index (χ1n) is 12.8. The summed E-state index contributed by atoms with van der Waals surface area (Å²) in [7, 11) is 0. The fourth-order valence-electron chi connectivity index (χ4n) is 4.79. The summed E-state index contributed by atoms with van der Waals surface area (Å²) in [6.45, 7) is 0.830. The van der Waals surface area contributed by atoms with E-state index in [4.69, 9.17) is 5.73 Å². The van der Waals surface area contributed by atoms with E-state index in [-0.39, 0.29) is 34.8 Å². The van der Waals surface area contributed by atoms with E-state index in [1.165, 1.54) is 18.2 Å². The normalized spacial score (nSPS) is 15.4. The maximum Gasteiger partial charge on any atom is 0.433 e. The van der Waals surface area contributed by atoms with Crippen molar-refractivity contribution in [2.45, 2.75) is 24.9 Å². The Labute approximate surface area is 235 Å². The highest BCUT2D eigenvalue weighted by molar-refractivity contribution is 6.04. The molecule has 5 rings (SSSR count). The van der Waals surface area contributed by atoms with Gasteiger partial charge in [-0.15, -0.1) is 0 Å². The Morgan fingerprint density at radius 1 is 1.02 bits per heavy atom. The second-order valence-corrected chi connectivity index (χ2v) is 9.68. The van der Waals surface area contributed by atoms with Gasteiger partial charge in [-0.2, -0.15) is 18.3 Å². The number of pyridine rings is 1. The van der Waals surface area contributed by atoms with Crippen LogP contribution in [0.1, 0.15) is 40.4 Å². The molecule has 0 bridgehead atoms. The molecule has 14 heteroatoms. The number of urea groups is 1. The van der Waals surface area contributed by atoms with Gasteiger partial charge in [0.15, 0.2) is 11.6 Å². The highest BCUT2D eigenvalue weighted by Gasteiger charge is 2.32. The molecule has 2 aromatic carbocycles. The second kappa shape index (κ2) is 11.5. The number of halogens is 5. The van der Waals surface area contributed by atoms with Gasteiger partial charge in [-0.05, 0) is 54.8 Å². The van der Waals surface area contributed by atoms with Crippen LogP contribution in [0.3, 0.4) is 0 Å². The van der Waals surface area contributed by atoms with Gasteiger partial charge in [0.1, 0.15) is 28.6 Å². The quantitative estimate of drug-likeness (QED) is 0.206. The standard InChI is InChI=1S/C28H24F5N7O2/c29-19-11-8-16(13-20(19)30)17-3-2-12-40(14-17)27(42)35-18-9-6-15(7-10-18)24-23(25(34)41)26(39-38-24)37-22-5-1-4-21(36-22)28(31,32)33/h1,4-11,13,17H,2-3,12,14H2,(H2,34,41)(H,35,42)(H2,36,37,38,39). The fourth-order valence-corrected chi connectivity index (χ4v) is 4.79. The highest BCUT2D eigenvalue weighted by Crippen LogP contribution is 2.32. The summed E-state index contributed by atoms with van der Waals surface area (Å²) in [5.74, 6) is -3.09. The number of anilines is 3. The number of H-pyrrole nitrogens is 1. The zero-order valence-corrected chi connectivity index (χ0v) is 21.8. The zero-order valence-electron chi connectivity index (χ0n) is 21.8. The lowest BCUT2D eigenvalue weighted by molar-refractivity contribution is -0.141. The number of primary amides is 1. The third kappa shape index (κ3) is 6.16. The zero-order chi connectivity index (χ0) is 30.0. The van der Waals surface area contributed by atoms with E-state index in [1.807, 2.05) is 0 Å². The second-order valence-electron chi connectivity index (χ2n) is 9.68. The van der Waals surface area contributed by atoms with Crippen LogP contribution < -0.4 is 16.4 Å². The van der Waals surface area contributed by atoms with E-state index in [9.17, 15) is 31.5 Å². The molecule has 1 unspecified atom stereocenters. The van der Waals surface area contributed by atoms with Gasteiger partial charge in [-0.1, -0.05) is 24.3 Å². The van der Waals surface area contributed by atoms with Crippen LogP contribution in [0.5, 0.6) is 0 Å². The number of likely N-dealkylation sites (tertiary alicyclic amines) is 1. The molecule has 1 atom stereocenters. The van der Waals surface area contributed by atoms with Crippen LogP contribution in [0.4, 0.5) is 44.1 Å². The Morgan fingerprint density at radius 3 is 2.48 bits per heavy atom. The molecule has 1 saturated heterocycles. The molecule has 3 heterocycles. The summed E-state index contributed by atoms with van der Waals surface area (Å²) in [4.78, 5) is 30.3. The molecule has 0 aliphatic carbocycles. The minimum atomic E-state index is -4.65. The molecule has 218 valence electrons. The van der Waals surface area contributed by atoms with Crippen molar-refractivity contribution in [2.24, 2.45) is 5.73 Å². The molecule has 5 N–H and O–H groups in total. The minimum Gasteiger partial charge on any atom is -0.365 e. The number of amides is 3. The molecule has 0 spiro atoms. The number of nitrogens with zero attached hydrogens (tertiary/aromatic N) is 3. The van der Waals surface area contributed by atoms with Crippen molar-refractivity contribution in [1.29, 1.82) is 0 Å². The van der Waals surface area contributed by atoms with E-state index in [2.05, 4.69) is 25.8 Å². The van der Waals surface area contributed by atoms with Gasteiger partial charge < -0.3 is 21.3 Å². The van der Waals surface area contributed by atoms with Gasteiger partial charge in [0.2, 0.25) is 0 Å². The number of carbonyl (C=O) groups is 2. The molecule has 9 nitrogen and oxygen atoms in total. The number of nitrogens with one attached hydrogen (secondary N) is 3. The molecule has 3 amide bonds. The van der Waals surface area contributed by atoms with E-state index in [0.717, 1.165) is 24.6 Å². The maximum atomic E-state index is 13.7. The largest absolute Gasteiger partial charge is 0.433 e. The fraction of sp³-hybridized carbons (Fsp3) is 0.214. The average Bonchev–Trinajstić information content (AvgIpc) is 3.38. The molecular formula is C28H24F5N7O2. The molecule has 42 heavy (non-hydrogen) atoms. The Kier molecular flexibility index (Phi) is 7.79. The molecule has 2 aromatic heterocycles. The molecule has 0 radical (unpaired) electrons. The topological polar surface area (TPSA) is 129 Å². The summed E-state index contributed by atoms with van der Waals surface area (Å²) >= 11 is 0. The number of aromatic amines is 1. The first-order valence-corrected chi connectivity index (χ1v) is 12.8. The summed E-state index contributed by atoms with van der Waals surface area (Å²) < 4.78 is 66.1. The summed E-state index contributed by atoms with van der Waals surface area (Å²) in [5.41, 5.74) is 6.00. The number of rotatable bonds is 6. The summed E-state index contributed by atoms with van der Waals surface area (Å²) in [5, 5.41) is 12.1. The molecule has 4 aromatic rings. The van der Waals surface area contributed by atoms with Gasteiger partial charge >= 0.3 is 12.2 Å². The van der Waals surface area contributed by atoms with Gasteiger partial charge in [0.25, 0.3) is 5.91 Å². The van der Waals surface area contributed by atoms with Crippen molar-refractivity contribution in [2.75, 3.05) is 23.7 Å². The van der Waals surface area contributed by atoms with Crippen molar-refractivity contribution in [1.82, 2.24) is 20.1 Å². The summed E-state index contributed by atoms with van der Waals surface area (Å²) in [6, 6.07) is 13.0. The smallest absolute Gasteiger partial charge is 0.365 e. The van der Waals surface area contributed by atoms with Crippen molar-refractivity contribution in [3.63, 3.8) is 0 Å². The van der Waals surface area contributed by atoms with Crippen LogP contribution in [0, 0.1) is 11.6 Å². The van der Waals surface area contributed by atoms with Gasteiger partial charge in [0.05, 0.1) is 0 Å². The molecule has 1 aliphatic heterocycles. The number of alkyl halides is 3. The van der Waals surface area contributed by atoms with Gasteiger partial charge in [-0.3, -0.25) is 9.89 Å². The lowest BCUT2D eigenvalue weighted by Crippen LogP contribution is -2.41. The Morgan fingerprint density at radius 2 is 1.79 bits per heavy atom. The first-order chi connectivity index (χ1) is 20.0. The first kappa shape index (κ1) is 28.5. The lowest BCUT2D eigenvalue weighted by atomic mass is 9.90. The average molecular weight is 586 g/mol. The van der Waals surface area contributed by atoms with E-state index < -0.39 is 29.4 Å². The SMILES string of the molecule is NC(=O)c1c(-c2ccc(NC(=O)N3CCCC(c4ccc(F)c(F)c4)C3)cc2)n[nH]c1Nc1cccc(C(F)(F)F)n1. The predicted octanol–water partition coefficient (Wildman–Crippen LogP) is 6.02. The molecule has 1 aliphatic rings. The Balaban J connectivity index is 1.28. The van der Waals surface area contributed by atoms with Crippen LogP contribution in [0.15, 0.2) is 60.7 Å². The van der Waals surface area contributed by atoms with Crippen molar-refractivity contribution < 1.29 is 31.5 Å². The number of hydrogen-bond acceptors (Lipinski definition) is 5. The Hall–Kier alpha value is -5.01. The van der Waals surface area contributed by atoms with E-state index in [0.29, 0.717) is 36.3 Å². The molecular weight excluding hydrogens is 561 g/mol. The van der Waals surface area contributed by atoms with E-state index in [1.54, 1.807) is 29.2 Å². The minimum absolute atomic E-state index is 0.0395. The number of nitrogens with two attached hydrogens (primary N) is 1. The van der Waals surface area contributed by atoms with Crippen molar-refractivity contribution in [3.05, 3.63) is 89.1 Å². The van der Waals surface area contributed by atoms with Gasteiger partial charge in [-0.25, -0.2) is 18.6 Å². The van der Waals surface area contributed by atoms with Crippen LogP contribution >= 0.6 is 0 Å². The van der Waals surface area contributed by atoms with Crippen LogP contribution in [-0.2, 0) is 6.18 Å². The number of carbonyl (C=O) groups excluding carboxylic acids is 2. The number of piperidine rings is 1. The number of aromatic nitrogens is 3. The third-order valence-electron chi connectivity index (χ3n) is 6.84. The van der Waals surface area contributed by atoms with Crippen LogP contribution in [0.25, 0.3) is 11.3 Å². The van der Waals surface area contributed by atoms with Crippen LogP contribution in [0.2, 0.25) is 0 Å². The maximum absolute atomic E-state index is 13.7. The molecule has 1 fully saturated rings. The summed E-state index contributed by atoms with van der Waals surface area (Å²) in [6.07, 6.45) is -3.23. The van der Waals surface area contributed by atoms with Crippen molar-refractivity contribution in [3.8, 4) is 11.3 Å². The molecule has 0 saturated carbocycles. The third-order valence-corrected chi connectivity index (χ3v) is 6.84. The number of benzene rings is 2. The van der Waals surface area contributed by atoms with Crippen LogP contribution in [-0.4, -0.2) is 45.1 Å². The number of hydrogen-bond donors (Lipinski definition) is 4. The Bertz CT molecular complexity index is 1620. The monoisotopic (exact) mass is 585 g/mol. The van der Waals surface area contributed by atoms with Crippen molar-refractivity contribution >= 4 is 29.3 Å². The van der Waals surface area contributed by atoms with E-state index >= 15 is 0 Å². The van der Waals surface area contributed by atoms with Gasteiger partial charge in [0, 0.05) is 30.3 Å². The predicted molar refractivity (Wildman–Crippen MR) is 144 cm³/mol. The lowest BCUT2D eigenvalue weighted by Gasteiger charge is -2.33. The highest BCUT2D eigenvalue weighted by atomic mass is 19.4.